The molecule has 1 amide bonds. The molecule has 0 radical (unpaired) electrons. The van der Waals surface area contributed by atoms with Gasteiger partial charge in [0.05, 0.1) is 24.4 Å². The SMILES string of the molecule is COC(=O)Nc1ccc(-c2c(Cl)nc(C3CCc4cc(Br)cnc43)n2COCC[Si](C)(C)C)cc1. The summed E-state index contributed by atoms with van der Waals surface area (Å²) in [6, 6.07) is 10.7. The van der Waals surface area contributed by atoms with Crippen molar-refractivity contribution in [2.24, 2.45) is 0 Å². The average Bonchev–Trinajstić information content (AvgIpc) is 3.36. The number of methoxy groups -OCH3 is 1. The standard InChI is InChI=1S/C25H30BrClN4O3Si/c1-33-25(32)29-19-8-5-16(6-9-19)22-23(27)30-24(31(22)15-34-11-12-35(2,3)4)20-10-7-17-13-18(26)14-28-21(17)20/h5-6,8-9,13-14,20H,7,10-12,15H2,1-4H3,(H,29,32). The molecule has 0 spiro atoms. The maximum atomic E-state index is 11.5. The largest absolute Gasteiger partial charge is 0.453 e. The van der Waals surface area contributed by atoms with Crippen LogP contribution >= 0.6 is 27.5 Å². The summed E-state index contributed by atoms with van der Waals surface area (Å²) in [6.45, 7) is 8.07. The van der Waals surface area contributed by atoms with Crippen LogP contribution in [0, 0.1) is 0 Å². The molecule has 1 aromatic carbocycles. The molecule has 0 bridgehead atoms. The molecule has 10 heteroatoms. The summed E-state index contributed by atoms with van der Waals surface area (Å²) in [5.74, 6) is 0.911. The van der Waals surface area contributed by atoms with Crippen molar-refractivity contribution >= 4 is 47.4 Å². The Balaban J connectivity index is 1.69. The van der Waals surface area contributed by atoms with E-state index in [9.17, 15) is 4.79 Å². The second-order valence-corrected chi connectivity index (χ2v) is 16.8. The first-order chi connectivity index (χ1) is 16.7. The third kappa shape index (κ3) is 6.14. The number of amides is 1. The van der Waals surface area contributed by atoms with Crippen molar-refractivity contribution in [3.8, 4) is 11.3 Å². The number of imidazole rings is 1. The van der Waals surface area contributed by atoms with Crippen LogP contribution in [0.15, 0.2) is 41.0 Å². The summed E-state index contributed by atoms with van der Waals surface area (Å²) in [7, 11) is 0.116. The minimum absolute atomic E-state index is 0.0465. The van der Waals surface area contributed by atoms with Gasteiger partial charge in [0.2, 0.25) is 0 Å². The van der Waals surface area contributed by atoms with Crippen LogP contribution in [0.2, 0.25) is 30.8 Å². The van der Waals surface area contributed by atoms with Gasteiger partial charge in [-0.2, -0.15) is 0 Å². The summed E-state index contributed by atoms with van der Waals surface area (Å²) in [5.41, 5.74) is 4.59. The Kier molecular flexibility index (Phi) is 8.00. The molecular formula is C25H30BrClN4O3Si. The van der Waals surface area contributed by atoms with E-state index in [0.29, 0.717) is 24.2 Å². The van der Waals surface area contributed by atoms with E-state index in [1.54, 1.807) is 0 Å². The molecule has 1 aliphatic carbocycles. The average molecular weight is 578 g/mol. The van der Waals surface area contributed by atoms with E-state index < -0.39 is 14.2 Å². The summed E-state index contributed by atoms with van der Waals surface area (Å²) >= 11 is 10.3. The van der Waals surface area contributed by atoms with E-state index in [1.165, 1.54) is 12.7 Å². The van der Waals surface area contributed by atoms with Crippen LogP contribution in [0.3, 0.4) is 0 Å². The molecule has 1 unspecified atom stereocenters. The van der Waals surface area contributed by atoms with Gasteiger partial charge in [-0.05, 0) is 58.6 Å². The Bertz CT molecular complexity index is 1210. The van der Waals surface area contributed by atoms with Crippen LogP contribution in [0.1, 0.15) is 29.4 Å². The molecule has 1 aliphatic rings. The lowest BCUT2D eigenvalue weighted by molar-refractivity contribution is 0.0857. The van der Waals surface area contributed by atoms with Crippen molar-refractivity contribution in [1.29, 1.82) is 0 Å². The number of ether oxygens (including phenoxy) is 2. The van der Waals surface area contributed by atoms with E-state index in [1.807, 2.05) is 30.5 Å². The number of carbonyl (C=O) groups excluding carboxylic acids is 1. The zero-order valence-electron chi connectivity index (χ0n) is 20.4. The Hall–Kier alpha value is -2.20. The van der Waals surface area contributed by atoms with Crippen molar-refractivity contribution in [3.05, 3.63) is 63.2 Å². The highest BCUT2D eigenvalue weighted by molar-refractivity contribution is 9.10. The normalized spacial score (nSPS) is 15.2. The Morgan fingerprint density at radius 1 is 1.29 bits per heavy atom. The van der Waals surface area contributed by atoms with Gasteiger partial charge in [0.15, 0.2) is 5.15 Å². The van der Waals surface area contributed by atoms with Crippen molar-refractivity contribution in [3.63, 3.8) is 0 Å². The lowest BCUT2D eigenvalue weighted by Gasteiger charge is -2.19. The maximum absolute atomic E-state index is 11.5. The summed E-state index contributed by atoms with van der Waals surface area (Å²) in [5, 5.41) is 3.10. The summed E-state index contributed by atoms with van der Waals surface area (Å²) in [6.07, 6.45) is 3.18. The van der Waals surface area contributed by atoms with Crippen LogP contribution in [0.5, 0.6) is 0 Å². The van der Waals surface area contributed by atoms with Gasteiger partial charge < -0.3 is 14.0 Å². The third-order valence-corrected chi connectivity index (χ3v) is 8.47. The first kappa shape index (κ1) is 25.9. The van der Waals surface area contributed by atoms with Gasteiger partial charge in [-0.3, -0.25) is 10.3 Å². The minimum atomic E-state index is -1.22. The van der Waals surface area contributed by atoms with Crippen LogP contribution in [0.25, 0.3) is 11.3 Å². The number of carbonyl (C=O) groups is 1. The van der Waals surface area contributed by atoms with Crippen LogP contribution < -0.4 is 5.32 Å². The number of benzene rings is 1. The van der Waals surface area contributed by atoms with Crippen LogP contribution in [-0.2, 0) is 22.6 Å². The summed E-state index contributed by atoms with van der Waals surface area (Å²) in [4.78, 5) is 21.1. The van der Waals surface area contributed by atoms with Crippen molar-refractivity contribution in [2.75, 3.05) is 19.0 Å². The molecule has 0 saturated carbocycles. The van der Waals surface area contributed by atoms with E-state index in [4.69, 9.17) is 26.3 Å². The fourth-order valence-corrected chi connectivity index (χ4v) is 5.65. The monoisotopic (exact) mass is 576 g/mol. The van der Waals surface area contributed by atoms with Crippen molar-refractivity contribution in [2.45, 2.75) is 51.2 Å². The highest BCUT2D eigenvalue weighted by Gasteiger charge is 2.32. The van der Waals surface area contributed by atoms with Gasteiger partial charge in [0, 0.05) is 36.6 Å². The summed E-state index contributed by atoms with van der Waals surface area (Å²) < 4.78 is 13.9. The van der Waals surface area contributed by atoms with Gasteiger partial charge in [-0.25, -0.2) is 9.78 Å². The molecule has 2 heterocycles. The molecule has 2 aromatic heterocycles. The Morgan fingerprint density at radius 2 is 2.03 bits per heavy atom. The zero-order chi connectivity index (χ0) is 25.2. The maximum Gasteiger partial charge on any atom is 0.411 e. The second kappa shape index (κ2) is 10.8. The molecule has 0 fully saturated rings. The van der Waals surface area contributed by atoms with Crippen LogP contribution in [-0.4, -0.2) is 42.4 Å². The van der Waals surface area contributed by atoms with Crippen molar-refractivity contribution < 1.29 is 14.3 Å². The number of hydrogen-bond acceptors (Lipinski definition) is 5. The molecule has 186 valence electrons. The highest BCUT2D eigenvalue weighted by Crippen LogP contribution is 2.40. The number of hydrogen-bond donors (Lipinski definition) is 1. The van der Waals surface area contributed by atoms with Gasteiger partial charge >= 0.3 is 6.09 Å². The van der Waals surface area contributed by atoms with E-state index in [0.717, 1.165) is 46.1 Å². The number of anilines is 1. The lowest BCUT2D eigenvalue weighted by atomic mass is 10.1. The predicted octanol–water partition coefficient (Wildman–Crippen LogP) is 6.93. The molecule has 4 rings (SSSR count). The number of rotatable bonds is 8. The molecule has 0 saturated heterocycles. The number of halogens is 2. The highest BCUT2D eigenvalue weighted by atomic mass is 79.9. The van der Waals surface area contributed by atoms with Crippen LogP contribution in [0.4, 0.5) is 10.5 Å². The van der Waals surface area contributed by atoms with E-state index >= 15 is 0 Å². The molecule has 1 atom stereocenters. The molecule has 7 nitrogen and oxygen atoms in total. The Labute approximate surface area is 220 Å². The van der Waals surface area contributed by atoms with E-state index in [-0.39, 0.29) is 5.92 Å². The molecule has 0 aliphatic heterocycles. The molecular weight excluding hydrogens is 548 g/mol. The predicted molar refractivity (Wildman–Crippen MR) is 145 cm³/mol. The molecule has 1 N–H and O–H groups in total. The molecule has 35 heavy (non-hydrogen) atoms. The fourth-order valence-electron chi connectivity index (χ4n) is 4.22. The van der Waals surface area contributed by atoms with E-state index in [2.05, 4.69) is 56.3 Å². The van der Waals surface area contributed by atoms with Gasteiger partial charge in [-0.15, -0.1) is 0 Å². The fraction of sp³-hybridized carbons (Fsp3) is 0.400. The number of pyridine rings is 1. The number of aromatic nitrogens is 3. The lowest BCUT2D eigenvalue weighted by Crippen LogP contribution is -2.22. The minimum Gasteiger partial charge on any atom is -0.453 e. The molecule has 3 aromatic rings. The smallest absolute Gasteiger partial charge is 0.411 e. The first-order valence-electron chi connectivity index (χ1n) is 11.6. The third-order valence-electron chi connectivity index (χ3n) is 6.07. The van der Waals surface area contributed by atoms with Gasteiger partial charge in [-0.1, -0.05) is 43.4 Å². The number of nitrogens with one attached hydrogen (secondary N) is 1. The second-order valence-electron chi connectivity index (χ2n) is 9.87. The number of fused-ring (bicyclic) bond motifs is 1. The number of nitrogens with zero attached hydrogens (tertiary/aromatic N) is 3. The van der Waals surface area contributed by atoms with Gasteiger partial charge in [0.1, 0.15) is 12.6 Å². The number of aryl methyl sites for hydroxylation is 1. The topological polar surface area (TPSA) is 78.3 Å². The Morgan fingerprint density at radius 3 is 2.71 bits per heavy atom. The quantitative estimate of drug-likeness (QED) is 0.232. The first-order valence-corrected chi connectivity index (χ1v) is 16.5. The zero-order valence-corrected chi connectivity index (χ0v) is 23.7. The van der Waals surface area contributed by atoms with Crippen molar-refractivity contribution in [1.82, 2.24) is 14.5 Å². The van der Waals surface area contributed by atoms with Gasteiger partial charge in [0.25, 0.3) is 0 Å².